The molecule has 0 atom stereocenters. The zero-order chi connectivity index (χ0) is 19.4. The van der Waals surface area contributed by atoms with Crippen LogP contribution in [0, 0.1) is 0 Å². The zero-order valence-electron chi connectivity index (χ0n) is 15.9. The van der Waals surface area contributed by atoms with Gasteiger partial charge in [0, 0.05) is 13.1 Å². The van der Waals surface area contributed by atoms with Gasteiger partial charge in [-0.3, -0.25) is 0 Å². The number of anilines is 2. The number of nitrogen functional groups attached to an aromatic ring is 1. The molecule has 0 radical (unpaired) electrons. The Kier molecular flexibility index (Phi) is 5.75. The lowest BCUT2D eigenvalue weighted by Crippen LogP contribution is -2.42. The minimum absolute atomic E-state index is 0.297. The van der Waals surface area contributed by atoms with E-state index in [9.17, 15) is 4.79 Å². The largest absolute Gasteiger partial charge is 0.465 e. The van der Waals surface area contributed by atoms with Crippen LogP contribution in [0.1, 0.15) is 23.2 Å². The predicted molar refractivity (Wildman–Crippen MR) is 103 cm³/mol. The van der Waals surface area contributed by atoms with E-state index in [1.807, 2.05) is 7.05 Å². The lowest BCUT2D eigenvalue weighted by molar-refractivity contribution is 0.0600. The number of benzene rings is 1. The average molecular weight is 371 g/mol. The van der Waals surface area contributed by atoms with Crippen LogP contribution in [0.15, 0.2) is 30.6 Å². The van der Waals surface area contributed by atoms with Gasteiger partial charge in [-0.2, -0.15) is 4.98 Å². The van der Waals surface area contributed by atoms with Crippen molar-refractivity contribution in [3.05, 3.63) is 36.2 Å². The maximum atomic E-state index is 11.5. The molecule has 1 aliphatic rings. The molecule has 2 heterocycles. The molecule has 0 bridgehead atoms. The molecule has 0 spiro atoms. The lowest BCUT2D eigenvalue weighted by Gasteiger charge is -2.36. The molecule has 27 heavy (non-hydrogen) atoms. The number of carbonyl (C=O) groups is 1. The number of ether oxygens (including phenoxy) is 2. The summed E-state index contributed by atoms with van der Waals surface area (Å²) in [5, 5.41) is 0. The van der Waals surface area contributed by atoms with Crippen molar-refractivity contribution in [3.8, 4) is 11.6 Å². The summed E-state index contributed by atoms with van der Waals surface area (Å²) in [6, 6.07) is 6.99. The number of methoxy groups -OCH3 is 1. The van der Waals surface area contributed by atoms with Crippen LogP contribution in [0.25, 0.3) is 0 Å². The maximum absolute atomic E-state index is 11.5. The molecule has 144 valence electrons. The van der Waals surface area contributed by atoms with Crippen LogP contribution in [-0.2, 0) is 4.74 Å². The van der Waals surface area contributed by atoms with Gasteiger partial charge in [-0.15, -0.1) is 0 Å². The highest BCUT2D eigenvalue weighted by Crippen LogP contribution is 2.33. The summed E-state index contributed by atoms with van der Waals surface area (Å²) in [5.41, 5.74) is 7.14. The van der Waals surface area contributed by atoms with Crippen molar-refractivity contribution in [2.45, 2.75) is 18.9 Å². The molecule has 1 aliphatic heterocycles. The van der Waals surface area contributed by atoms with Crippen LogP contribution in [0.5, 0.6) is 11.6 Å². The number of hydrogen-bond donors (Lipinski definition) is 1. The first-order valence-corrected chi connectivity index (χ1v) is 8.87. The highest BCUT2D eigenvalue weighted by molar-refractivity contribution is 5.89. The van der Waals surface area contributed by atoms with E-state index in [2.05, 4.69) is 26.8 Å². The monoisotopic (exact) mass is 371 g/mol. The van der Waals surface area contributed by atoms with E-state index in [-0.39, 0.29) is 0 Å². The highest BCUT2D eigenvalue weighted by Gasteiger charge is 2.24. The molecular weight excluding hydrogens is 346 g/mol. The Balaban J connectivity index is 1.75. The molecule has 1 aromatic heterocycles. The first-order valence-electron chi connectivity index (χ1n) is 8.87. The number of hydrogen-bond acceptors (Lipinski definition) is 8. The predicted octanol–water partition coefficient (Wildman–Crippen LogP) is 2.17. The summed E-state index contributed by atoms with van der Waals surface area (Å²) in [6.07, 6.45) is 3.57. The van der Waals surface area contributed by atoms with Crippen LogP contribution < -0.4 is 15.4 Å². The van der Waals surface area contributed by atoms with Crippen molar-refractivity contribution in [2.75, 3.05) is 44.9 Å². The van der Waals surface area contributed by atoms with Gasteiger partial charge in [0.2, 0.25) is 5.88 Å². The number of nitrogens with zero attached hydrogens (tertiary/aromatic N) is 4. The van der Waals surface area contributed by atoms with Gasteiger partial charge >= 0.3 is 5.97 Å². The first-order chi connectivity index (χ1) is 13.0. The van der Waals surface area contributed by atoms with E-state index in [4.69, 9.17) is 15.2 Å². The maximum Gasteiger partial charge on any atom is 0.337 e. The molecule has 2 aromatic rings. The van der Waals surface area contributed by atoms with Crippen LogP contribution in [0.4, 0.5) is 11.5 Å². The molecule has 0 unspecified atom stereocenters. The van der Waals surface area contributed by atoms with Crippen LogP contribution in [0.3, 0.4) is 0 Å². The van der Waals surface area contributed by atoms with Gasteiger partial charge in [-0.1, -0.05) is 0 Å². The van der Waals surface area contributed by atoms with E-state index in [0.29, 0.717) is 34.7 Å². The first kappa shape index (κ1) is 18.9. The molecule has 8 nitrogen and oxygen atoms in total. The second kappa shape index (κ2) is 8.22. The van der Waals surface area contributed by atoms with E-state index < -0.39 is 5.97 Å². The average Bonchev–Trinajstić information content (AvgIpc) is 2.69. The summed E-state index contributed by atoms with van der Waals surface area (Å²) in [5.74, 6) is 1.09. The fraction of sp³-hybridized carbons (Fsp3) is 0.421. The quantitative estimate of drug-likeness (QED) is 0.799. The Morgan fingerprint density at radius 1 is 1.22 bits per heavy atom. The van der Waals surface area contributed by atoms with Crippen molar-refractivity contribution in [2.24, 2.45) is 0 Å². The van der Waals surface area contributed by atoms with Crippen LogP contribution in [-0.4, -0.2) is 61.2 Å². The minimum Gasteiger partial charge on any atom is -0.465 e. The van der Waals surface area contributed by atoms with E-state index >= 15 is 0 Å². The molecule has 1 aromatic carbocycles. The van der Waals surface area contributed by atoms with E-state index in [1.54, 1.807) is 24.3 Å². The van der Waals surface area contributed by atoms with Crippen molar-refractivity contribution < 1.29 is 14.3 Å². The fourth-order valence-corrected chi connectivity index (χ4v) is 3.18. The van der Waals surface area contributed by atoms with E-state index in [1.165, 1.54) is 13.4 Å². The number of rotatable bonds is 5. The van der Waals surface area contributed by atoms with Crippen molar-refractivity contribution in [1.29, 1.82) is 0 Å². The van der Waals surface area contributed by atoms with Gasteiger partial charge in [0.1, 0.15) is 17.8 Å². The molecule has 0 aliphatic carbocycles. The third kappa shape index (κ3) is 4.28. The number of carbonyl (C=O) groups excluding carboxylic acids is 1. The van der Waals surface area contributed by atoms with Gasteiger partial charge in [0.25, 0.3) is 0 Å². The second-order valence-electron chi connectivity index (χ2n) is 6.68. The summed E-state index contributed by atoms with van der Waals surface area (Å²) >= 11 is 0. The van der Waals surface area contributed by atoms with Gasteiger partial charge in [0.15, 0.2) is 5.82 Å². The summed E-state index contributed by atoms with van der Waals surface area (Å²) < 4.78 is 10.5. The van der Waals surface area contributed by atoms with Gasteiger partial charge < -0.3 is 25.0 Å². The lowest BCUT2D eigenvalue weighted by atomic mass is 10.0. The topological polar surface area (TPSA) is 93.8 Å². The normalized spacial score (nSPS) is 15.4. The SMILES string of the molecule is COC(=O)c1ccc(Oc2ncnc(N(C)C3CCN(C)CC3)c2N)cc1. The zero-order valence-corrected chi connectivity index (χ0v) is 15.9. The van der Waals surface area contributed by atoms with Crippen molar-refractivity contribution in [3.63, 3.8) is 0 Å². The summed E-state index contributed by atoms with van der Waals surface area (Å²) in [7, 11) is 5.48. The van der Waals surface area contributed by atoms with Crippen LogP contribution in [0.2, 0.25) is 0 Å². The molecule has 0 amide bonds. The molecule has 3 rings (SSSR count). The molecule has 1 fully saturated rings. The Labute approximate surface area is 158 Å². The van der Waals surface area contributed by atoms with Crippen LogP contribution >= 0.6 is 0 Å². The number of likely N-dealkylation sites (tertiary alicyclic amines) is 1. The Bertz CT molecular complexity index is 788. The number of nitrogens with two attached hydrogens (primary N) is 1. The van der Waals surface area contributed by atoms with Gasteiger partial charge in [-0.05, 0) is 57.2 Å². The standard InChI is InChI=1S/C19H25N5O3/c1-23-10-8-14(9-11-23)24(2)17-16(20)18(22-12-21-17)27-15-6-4-13(5-7-15)19(25)26-3/h4-7,12,14H,8-11,20H2,1-3H3. The smallest absolute Gasteiger partial charge is 0.337 e. The Morgan fingerprint density at radius 3 is 2.52 bits per heavy atom. The van der Waals surface area contributed by atoms with Gasteiger partial charge in [-0.25, -0.2) is 9.78 Å². The minimum atomic E-state index is -0.398. The highest BCUT2D eigenvalue weighted by atomic mass is 16.5. The molecule has 0 saturated carbocycles. The second-order valence-corrected chi connectivity index (χ2v) is 6.68. The summed E-state index contributed by atoms with van der Waals surface area (Å²) in [6.45, 7) is 2.10. The fourth-order valence-electron chi connectivity index (χ4n) is 3.18. The third-order valence-electron chi connectivity index (χ3n) is 4.89. The Hall–Kier alpha value is -2.87. The number of piperidine rings is 1. The van der Waals surface area contributed by atoms with Crippen molar-refractivity contribution in [1.82, 2.24) is 14.9 Å². The Morgan fingerprint density at radius 2 is 1.89 bits per heavy atom. The molecule has 1 saturated heterocycles. The van der Waals surface area contributed by atoms with Gasteiger partial charge in [0.05, 0.1) is 12.7 Å². The van der Waals surface area contributed by atoms with Crippen molar-refractivity contribution >= 4 is 17.5 Å². The molecule has 8 heteroatoms. The van der Waals surface area contributed by atoms with E-state index in [0.717, 1.165) is 25.9 Å². The number of aromatic nitrogens is 2. The summed E-state index contributed by atoms with van der Waals surface area (Å²) in [4.78, 5) is 24.5. The molecular formula is C19H25N5O3. The number of esters is 1. The molecule has 2 N–H and O–H groups in total. The third-order valence-corrected chi connectivity index (χ3v) is 4.89.